The number of aliphatic hydroxyl groups is 1. The Kier molecular flexibility index (Phi) is 9.36. The molecule has 0 saturated heterocycles. The average molecular weight is 160 g/mol. The van der Waals surface area contributed by atoms with Crippen LogP contribution in [0.2, 0.25) is 0 Å². The van der Waals surface area contributed by atoms with Crippen molar-refractivity contribution in [1.82, 2.24) is 0 Å². The molecule has 3 nitrogen and oxygen atoms in total. The summed E-state index contributed by atoms with van der Waals surface area (Å²) in [5.74, 6) is -0.945. The number of carbonyl (C=O) groups is 1. The van der Waals surface area contributed by atoms with Crippen molar-refractivity contribution in [3.63, 3.8) is 0 Å². The molecule has 2 N–H and O–H groups in total. The van der Waals surface area contributed by atoms with Gasteiger partial charge in [-0.05, 0) is 6.42 Å². The van der Waals surface area contributed by atoms with Crippen LogP contribution >= 0.6 is 0 Å². The van der Waals surface area contributed by atoms with E-state index < -0.39 is 12.1 Å². The van der Waals surface area contributed by atoms with Gasteiger partial charge in [-0.3, -0.25) is 4.79 Å². The fourth-order valence-electron chi connectivity index (χ4n) is 0.346. The summed E-state index contributed by atoms with van der Waals surface area (Å²) >= 11 is 0. The van der Waals surface area contributed by atoms with Crippen molar-refractivity contribution in [3.8, 4) is 0 Å². The first-order valence-corrected chi connectivity index (χ1v) is 2.56. The van der Waals surface area contributed by atoms with Crippen molar-refractivity contribution in [2.75, 3.05) is 0 Å². The van der Waals surface area contributed by atoms with E-state index >= 15 is 0 Å². The number of aliphatic carboxylic acids is 1. The molecule has 0 aliphatic carbocycles. The quantitative estimate of drug-likeness (QED) is 0.575. The van der Waals surface area contributed by atoms with Crippen molar-refractivity contribution >= 4 is 43.7 Å². The molecule has 1 atom stereocenters. The molecule has 0 spiro atoms. The van der Waals surface area contributed by atoms with Gasteiger partial charge < -0.3 is 13.1 Å². The number of aliphatic hydroxyl groups excluding tert-OH is 1. The molecule has 52 valence electrons. The summed E-state index contributed by atoms with van der Waals surface area (Å²) < 4.78 is 0. The van der Waals surface area contributed by atoms with Crippen LogP contribution in [0.5, 0.6) is 0 Å². The first-order chi connectivity index (χ1) is 3.66. The van der Waals surface area contributed by atoms with Crippen LogP contribution in [0.4, 0.5) is 0 Å². The third-order valence-corrected chi connectivity index (χ3v) is 0.881. The number of hydrogen-bond acceptors (Lipinski definition) is 2. The summed E-state index contributed by atoms with van der Waals surface area (Å²) in [6.07, 6.45) is -0.310. The van der Waals surface area contributed by atoms with Crippen molar-refractivity contribution < 1.29 is 17.9 Å². The molecule has 0 heterocycles. The van der Waals surface area contributed by atoms with Gasteiger partial charge in [-0.2, -0.15) is 0 Å². The molecule has 0 saturated carbocycles. The fraction of sp³-hybridized carbons (Fsp3) is 0.800. The largest absolute Gasteiger partial charge is 2.00 e. The van der Waals surface area contributed by atoms with Gasteiger partial charge in [0.15, 0.2) is 0 Å². The topological polar surface area (TPSA) is 57.5 Å². The molecule has 0 rings (SSSR count). The molecule has 0 aromatic rings. The van der Waals surface area contributed by atoms with E-state index in [0.29, 0.717) is 6.42 Å². The molecule has 0 fully saturated rings. The molecule has 0 aromatic heterocycles. The van der Waals surface area contributed by atoms with Gasteiger partial charge in [0.1, 0.15) is 0 Å². The molecular formula is C5H12CaO3. The van der Waals surface area contributed by atoms with Gasteiger partial charge >= 0.3 is 43.7 Å². The maximum absolute atomic E-state index is 9.81. The molecule has 0 aliphatic rings. The Hall–Kier alpha value is 0.690. The van der Waals surface area contributed by atoms with E-state index in [-0.39, 0.29) is 47.0 Å². The van der Waals surface area contributed by atoms with Crippen molar-refractivity contribution in [1.29, 1.82) is 0 Å². The molecular weight excluding hydrogens is 148 g/mol. The second-order valence-electron chi connectivity index (χ2n) is 1.66. The van der Waals surface area contributed by atoms with Crippen LogP contribution in [0.15, 0.2) is 0 Å². The van der Waals surface area contributed by atoms with Gasteiger partial charge in [-0.25, -0.2) is 0 Å². The van der Waals surface area contributed by atoms with Crippen LogP contribution in [0.3, 0.4) is 0 Å². The number of hydrogen-bond donors (Lipinski definition) is 2. The molecule has 0 amide bonds. The monoisotopic (exact) mass is 160 g/mol. The zero-order valence-electron chi connectivity index (χ0n) is 7.50. The summed E-state index contributed by atoms with van der Waals surface area (Å²) in [5, 5.41) is 16.7. The van der Waals surface area contributed by atoms with E-state index in [4.69, 9.17) is 10.2 Å². The van der Waals surface area contributed by atoms with Crippen molar-refractivity contribution in [2.24, 2.45) is 0 Å². The Morgan fingerprint density at radius 3 is 2.33 bits per heavy atom. The van der Waals surface area contributed by atoms with Gasteiger partial charge in [-0.1, -0.05) is 6.92 Å². The Labute approximate surface area is 87.0 Å². The first-order valence-electron chi connectivity index (χ1n) is 2.56. The van der Waals surface area contributed by atoms with Crippen LogP contribution < -0.4 is 0 Å². The fourth-order valence-corrected chi connectivity index (χ4v) is 0.346. The van der Waals surface area contributed by atoms with E-state index in [1.165, 1.54) is 0 Å². The minimum atomic E-state index is -0.945. The molecule has 0 radical (unpaired) electrons. The van der Waals surface area contributed by atoms with Crippen LogP contribution in [-0.4, -0.2) is 60.0 Å². The Bertz CT molecular complexity index is 91.8. The van der Waals surface area contributed by atoms with Gasteiger partial charge in [0.05, 0.1) is 12.5 Å². The number of carboxylic acids is 1. The molecule has 0 aliphatic heterocycles. The second-order valence-corrected chi connectivity index (χ2v) is 1.66. The molecule has 0 bridgehead atoms. The third-order valence-electron chi connectivity index (χ3n) is 0.881. The average Bonchev–Trinajstić information content (AvgIpc) is 1.65. The first kappa shape index (κ1) is 12.4. The molecule has 4 heteroatoms. The Morgan fingerprint density at radius 2 is 2.22 bits per heavy atom. The molecule has 9 heavy (non-hydrogen) atoms. The van der Waals surface area contributed by atoms with Gasteiger partial charge in [0.2, 0.25) is 0 Å². The molecule has 0 aromatic carbocycles. The minimum Gasteiger partial charge on any atom is -1.00 e. The molecule has 1 unspecified atom stereocenters. The van der Waals surface area contributed by atoms with Gasteiger partial charge in [0.25, 0.3) is 0 Å². The standard InChI is InChI=1S/C5H10O3.Ca.2H/c1-2-4(6)3-5(7)8;;;/h4,6H,2-3H2,1H3,(H,7,8);;;/q;+2;2*-1. The van der Waals surface area contributed by atoms with E-state index in [9.17, 15) is 4.79 Å². The predicted molar refractivity (Wildman–Crippen MR) is 36.5 cm³/mol. The van der Waals surface area contributed by atoms with Crippen LogP contribution in [0.25, 0.3) is 0 Å². The number of rotatable bonds is 3. The van der Waals surface area contributed by atoms with Crippen LogP contribution in [0.1, 0.15) is 22.6 Å². The third kappa shape index (κ3) is 8.69. The summed E-state index contributed by atoms with van der Waals surface area (Å²) in [5.41, 5.74) is 0. The van der Waals surface area contributed by atoms with Gasteiger partial charge in [-0.15, -0.1) is 0 Å². The summed E-state index contributed by atoms with van der Waals surface area (Å²) in [4.78, 5) is 9.81. The van der Waals surface area contributed by atoms with E-state index in [2.05, 4.69) is 0 Å². The summed E-state index contributed by atoms with van der Waals surface area (Å²) in [7, 11) is 0. The Morgan fingerprint density at radius 1 is 1.78 bits per heavy atom. The maximum Gasteiger partial charge on any atom is 2.00 e. The SMILES string of the molecule is CCC(O)CC(=O)O.[Ca+2].[H-].[H-]. The predicted octanol–water partition coefficient (Wildman–Crippen LogP) is 0.0762. The van der Waals surface area contributed by atoms with Gasteiger partial charge in [0, 0.05) is 0 Å². The van der Waals surface area contributed by atoms with Crippen molar-refractivity contribution in [3.05, 3.63) is 0 Å². The Balaban J connectivity index is -0.0000000817. The van der Waals surface area contributed by atoms with Crippen molar-refractivity contribution in [2.45, 2.75) is 25.9 Å². The second kappa shape index (κ2) is 6.80. The minimum absolute atomic E-state index is 0. The van der Waals surface area contributed by atoms with E-state index in [0.717, 1.165) is 0 Å². The maximum atomic E-state index is 9.81. The zero-order chi connectivity index (χ0) is 6.57. The smallest absolute Gasteiger partial charge is 1.00 e. The van der Waals surface area contributed by atoms with E-state index in [1.54, 1.807) is 6.92 Å². The van der Waals surface area contributed by atoms with Crippen LogP contribution in [0, 0.1) is 0 Å². The van der Waals surface area contributed by atoms with Crippen LogP contribution in [-0.2, 0) is 4.79 Å². The zero-order valence-corrected chi connectivity index (χ0v) is 7.71. The van der Waals surface area contributed by atoms with E-state index in [1.807, 2.05) is 0 Å². The summed E-state index contributed by atoms with van der Waals surface area (Å²) in [6, 6.07) is 0. The number of carboxylic acid groups (broad SMARTS) is 1. The normalized spacial score (nSPS) is 11.8. The summed E-state index contributed by atoms with van der Waals surface area (Å²) in [6.45, 7) is 1.74.